The van der Waals surface area contributed by atoms with Crippen LogP contribution >= 0.6 is 11.6 Å². The molecule has 1 amide bonds. The average Bonchev–Trinajstić information content (AvgIpc) is 3.30. The van der Waals surface area contributed by atoms with Gasteiger partial charge >= 0.3 is 0 Å². The van der Waals surface area contributed by atoms with E-state index in [4.69, 9.17) is 11.6 Å². The van der Waals surface area contributed by atoms with E-state index >= 15 is 0 Å². The lowest BCUT2D eigenvalue weighted by Gasteiger charge is -2.33. The molecule has 1 aliphatic heterocycles. The van der Waals surface area contributed by atoms with Crippen molar-refractivity contribution in [3.63, 3.8) is 0 Å². The molecular weight excluding hydrogens is 466 g/mol. The van der Waals surface area contributed by atoms with Crippen LogP contribution in [0.5, 0.6) is 0 Å². The van der Waals surface area contributed by atoms with Crippen molar-refractivity contribution in [1.82, 2.24) is 28.8 Å². The summed E-state index contributed by atoms with van der Waals surface area (Å²) in [6.07, 6.45) is 3.05. The zero-order valence-corrected chi connectivity index (χ0v) is 20.1. The lowest BCUT2D eigenvalue weighted by molar-refractivity contribution is -0.117. The summed E-state index contributed by atoms with van der Waals surface area (Å²) in [6, 6.07) is 9.82. The Bertz CT molecular complexity index is 1230. The molecule has 0 spiro atoms. The minimum absolute atomic E-state index is 0.127. The number of nitrogens with one attached hydrogen (secondary N) is 1. The number of benzene rings is 1. The Morgan fingerprint density at radius 2 is 1.85 bits per heavy atom. The van der Waals surface area contributed by atoms with Gasteiger partial charge in [0, 0.05) is 39.4 Å². The second-order valence-corrected chi connectivity index (χ2v) is 10.3. The fourth-order valence-corrected chi connectivity index (χ4v) is 5.51. The van der Waals surface area contributed by atoms with Gasteiger partial charge in [-0.05, 0) is 12.5 Å². The highest BCUT2D eigenvalue weighted by Gasteiger charge is 2.31. The number of hydrogen-bond acceptors (Lipinski definition) is 6. The van der Waals surface area contributed by atoms with Gasteiger partial charge in [0.25, 0.3) is 0 Å². The first-order chi connectivity index (χ1) is 15.7. The highest BCUT2D eigenvalue weighted by Crippen LogP contribution is 2.22. The Kier molecular flexibility index (Phi) is 6.84. The maximum Gasteiger partial charge on any atom is 0.246 e. The van der Waals surface area contributed by atoms with E-state index in [1.807, 2.05) is 35.2 Å². The molecule has 12 heteroatoms. The number of rotatable bonds is 7. The van der Waals surface area contributed by atoms with E-state index in [0.29, 0.717) is 49.3 Å². The van der Waals surface area contributed by atoms with E-state index < -0.39 is 10.0 Å². The van der Waals surface area contributed by atoms with Crippen molar-refractivity contribution < 1.29 is 13.2 Å². The van der Waals surface area contributed by atoms with E-state index in [9.17, 15) is 13.2 Å². The maximum absolute atomic E-state index is 12.9. The third-order valence-corrected chi connectivity index (χ3v) is 7.95. The third-order valence-electron chi connectivity index (χ3n) is 5.67. The van der Waals surface area contributed by atoms with Gasteiger partial charge in [-0.3, -0.25) is 19.1 Å². The Morgan fingerprint density at radius 3 is 2.48 bits per heavy atom. The normalized spacial score (nSPS) is 15.6. The van der Waals surface area contributed by atoms with Crippen LogP contribution in [-0.2, 0) is 28.4 Å². The second kappa shape index (κ2) is 9.64. The van der Waals surface area contributed by atoms with E-state index in [1.54, 1.807) is 29.5 Å². The number of hydrogen-bond donors (Lipinski definition) is 1. The van der Waals surface area contributed by atoms with Crippen molar-refractivity contribution in [3.05, 3.63) is 59.0 Å². The van der Waals surface area contributed by atoms with Gasteiger partial charge in [0.1, 0.15) is 9.92 Å². The minimum atomic E-state index is -3.61. The Hall–Kier alpha value is -2.73. The number of nitrogens with zero attached hydrogens (tertiary/aromatic N) is 6. The zero-order chi connectivity index (χ0) is 23.6. The number of carbonyl (C=O) groups excluding carboxylic acids is 1. The fourth-order valence-electron chi connectivity index (χ4n) is 3.71. The summed E-state index contributed by atoms with van der Waals surface area (Å²) in [5, 5.41) is 11.5. The summed E-state index contributed by atoms with van der Waals surface area (Å²) in [5.41, 5.74) is 1.67. The van der Waals surface area contributed by atoms with E-state index in [0.717, 1.165) is 5.56 Å². The molecule has 3 heterocycles. The van der Waals surface area contributed by atoms with Crippen LogP contribution in [0.2, 0.25) is 5.02 Å². The molecule has 1 saturated heterocycles. The lowest BCUT2D eigenvalue weighted by Crippen LogP contribution is -2.50. The summed E-state index contributed by atoms with van der Waals surface area (Å²) < 4.78 is 30.5. The minimum Gasteiger partial charge on any atom is -0.307 e. The molecule has 0 unspecified atom stereocenters. The van der Waals surface area contributed by atoms with Crippen LogP contribution in [0.1, 0.15) is 11.3 Å². The van der Waals surface area contributed by atoms with Gasteiger partial charge in [-0.2, -0.15) is 14.5 Å². The Labute approximate surface area is 197 Å². The molecule has 1 aliphatic rings. The first-order valence-corrected chi connectivity index (χ1v) is 12.3. The number of anilines is 1. The average molecular weight is 492 g/mol. The first kappa shape index (κ1) is 23.4. The van der Waals surface area contributed by atoms with Gasteiger partial charge in [0.2, 0.25) is 15.9 Å². The Balaban J connectivity index is 1.30. The summed E-state index contributed by atoms with van der Waals surface area (Å²) >= 11 is 6.25. The predicted octanol–water partition coefficient (Wildman–Crippen LogP) is 1.57. The maximum atomic E-state index is 12.9. The van der Waals surface area contributed by atoms with Gasteiger partial charge in [0.15, 0.2) is 5.82 Å². The van der Waals surface area contributed by atoms with Crippen LogP contribution in [0.25, 0.3) is 0 Å². The molecule has 33 heavy (non-hydrogen) atoms. The van der Waals surface area contributed by atoms with Crippen molar-refractivity contribution in [3.8, 4) is 0 Å². The van der Waals surface area contributed by atoms with Crippen LogP contribution in [0.3, 0.4) is 0 Å². The summed E-state index contributed by atoms with van der Waals surface area (Å²) in [4.78, 5) is 14.7. The first-order valence-electron chi connectivity index (χ1n) is 10.5. The van der Waals surface area contributed by atoms with E-state index in [-0.39, 0.29) is 17.3 Å². The number of sulfonamides is 1. The van der Waals surface area contributed by atoms with Crippen molar-refractivity contribution in [2.75, 3.05) is 38.0 Å². The second-order valence-electron chi connectivity index (χ2n) is 7.96. The molecule has 1 fully saturated rings. The smallest absolute Gasteiger partial charge is 0.246 e. The van der Waals surface area contributed by atoms with Crippen molar-refractivity contribution in [2.24, 2.45) is 7.05 Å². The predicted molar refractivity (Wildman–Crippen MR) is 125 cm³/mol. The highest BCUT2D eigenvalue weighted by molar-refractivity contribution is 7.89. The topological polar surface area (TPSA) is 105 Å². The zero-order valence-electron chi connectivity index (χ0n) is 18.5. The molecule has 0 saturated carbocycles. The number of piperazine rings is 1. The number of carbonyl (C=O) groups is 1. The van der Waals surface area contributed by atoms with Crippen LogP contribution in [0.15, 0.2) is 47.6 Å². The van der Waals surface area contributed by atoms with Crippen molar-refractivity contribution in [1.29, 1.82) is 0 Å². The van der Waals surface area contributed by atoms with E-state index in [2.05, 4.69) is 15.5 Å². The third kappa shape index (κ3) is 5.27. The van der Waals surface area contributed by atoms with Crippen molar-refractivity contribution >= 4 is 33.3 Å². The van der Waals surface area contributed by atoms with Gasteiger partial charge in [0.05, 0.1) is 25.0 Å². The van der Waals surface area contributed by atoms with Gasteiger partial charge < -0.3 is 5.32 Å². The van der Waals surface area contributed by atoms with Crippen LogP contribution in [0, 0.1) is 6.92 Å². The van der Waals surface area contributed by atoms with Crippen LogP contribution in [-0.4, -0.2) is 75.8 Å². The standard InChI is InChI=1S/C21H26ClN7O3S/c1-16-19(12-23-26(16)2)33(31,32)29-10-8-27(9-11-29)15-20(30)24-21-18(22)14-28(25-21)13-17-6-4-3-5-7-17/h3-7,12,14H,8-11,13,15H2,1-2H3,(H,24,25,30). The summed E-state index contributed by atoms with van der Waals surface area (Å²) in [6.45, 7) is 3.90. The number of halogens is 1. The molecule has 0 aliphatic carbocycles. The largest absolute Gasteiger partial charge is 0.307 e. The van der Waals surface area contributed by atoms with Crippen LogP contribution < -0.4 is 5.32 Å². The monoisotopic (exact) mass is 491 g/mol. The van der Waals surface area contributed by atoms with Gasteiger partial charge in [-0.1, -0.05) is 41.9 Å². The molecule has 3 aromatic rings. The summed E-state index contributed by atoms with van der Waals surface area (Å²) in [5.74, 6) is 0.0622. The Morgan fingerprint density at radius 1 is 1.15 bits per heavy atom. The molecule has 1 aromatic carbocycles. The highest BCUT2D eigenvalue weighted by atomic mass is 35.5. The van der Waals surface area contributed by atoms with Gasteiger partial charge in [-0.15, -0.1) is 0 Å². The van der Waals surface area contributed by atoms with Crippen LogP contribution in [0.4, 0.5) is 5.82 Å². The number of aryl methyl sites for hydroxylation is 1. The molecule has 10 nitrogen and oxygen atoms in total. The van der Waals surface area contributed by atoms with Crippen molar-refractivity contribution in [2.45, 2.75) is 18.4 Å². The molecule has 0 atom stereocenters. The quantitative estimate of drug-likeness (QED) is 0.538. The van der Waals surface area contributed by atoms with E-state index in [1.165, 1.54) is 10.5 Å². The fraction of sp³-hybridized carbons (Fsp3) is 0.381. The molecule has 2 aromatic heterocycles. The number of amides is 1. The number of aromatic nitrogens is 4. The summed E-state index contributed by atoms with van der Waals surface area (Å²) in [7, 11) is -1.90. The molecule has 0 bridgehead atoms. The molecule has 0 radical (unpaired) electrons. The molecule has 4 rings (SSSR count). The van der Waals surface area contributed by atoms with Gasteiger partial charge in [-0.25, -0.2) is 8.42 Å². The lowest BCUT2D eigenvalue weighted by atomic mass is 10.2. The molecule has 1 N–H and O–H groups in total. The SMILES string of the molecule is Cc1c(S(=O)(=O)N2CCN(CC(=O)Nc3nn(Cc4ccccc4)cc3Cl)CC2)cnn1C. The molecule has 176 valence electrons. The molecular formula is C21H26ClN7O3S.